The minimum atomic E-state index is -3.80. The lowest BCUT2D eigenvalue weighted by Gasteiger charge is -2.10. The van der Waals surface area contributed by atoms with Crippen molar-refractivity contribution in [3.8, 4) is 5.75 Å². The highest BCUT2D eigenvalue weighted by Gasteiger charge is 2.15. The van der Waals surface area contributed by atoms with Gasteiger partial charge < -0.3 is 10.1 Å². The molecule has 0 radical (unpaired) electrons. The maximum atomic E-state index is 12.6. The third-order valence-corrected chi connectivity index (χ3v) is 6.17. The Morgan fingerprint density at radius 3 is 2.20 bits per heavy atom. The molecular weight excluding hydrogens is 468 g/mol. The van der Waals surface area contributed by atoms with Crippen LogP contribution < -0.4 is 20.2 Å². The van der Waals surface area contributed by atoms with Crippen LogP contribution in [0.15, 0.2) is 82.8 Å². The average molecular weight is 495 g/mol. The van der Waals surface area contributed by atoms with Gasteiger partial charge in [0.1, 0.15) is 5.75 Å². The molecule has 2 amide bonds. The zero-order valence-corrected chi connectivity index (χ0v) is 20.3. The van der Waals surface area contributed by atoms with Crippen LogP contribution in [0.5, 0.6) is 5.75 Å². The zero-order chi connectivity index (χ0) is 25.4. The van der Waals surface area contributed by atoms with Crippen LogP contribution in [0.4, 0.5) is 11.4 Å². The van der Waals surface area contributed by atoms with Gasteiger partial charge in [0.05, 0.1) is 17.2 Å². The van der Waals surface area contributed by atoms with Gasteiger partial charge in [-0.1, -0.05) is 12.1 Å². The minimum absolute atomic E-state index is 0.0927. The molecule has 9 nitrogen and oxygen atoms in total. The number of nitrogens with one attached hydrogen (secondary N) is 3. The van der Waals surface area contributed by atoms with Crippen LogP contribution >= 0.6 is 0 Å². The van der Waals surface area contributed by atoms with Gasteiger partial charge in [-0.05, 0) is 80.1 Å². The first-order chi connectivity index (χ1) is 16.7. The van der Waals surface area contributed by atoms with Gasteiger partial charge in [0.2, 0.25) is 5.91 Å². The summed E-state index contributed by atoms with van der Waals surface area (Å²) in [5, 5.41) is 6.81. The van der Waals surface area contributed by atoms with E-state index in [0.29, 0.717) is 35.0 Å². The van der Waals surface area contributed by atoms with Gasteiger partial charge in [-0.15, -0.1) is 0 Å². The number of benzene rings is 3. The van der Waals surface area contributed by atoms with Crippen molar-refractivity contribution < 1.29 is 22.7 Å². The van der Waals surface area contributed by atoms with Crippen molar-refractivity contribution in [2.75, 3.05) is 16.6 Å². The number of carbonyl (C=O) groups excluding carboxylic acids is 2. The predicted octanol–water partition coefficient (Wildman–Crippen LogP) is 4.00. The fourth-order valence-electron chi connectivity index (χ4n) is 3.07. The Morgan fingerprint density at radius 2 is 1.57 bits per heavy atom. The molecule has 0 aliphatic heterocycles. The zero-order valence-electron chi connectivity index (χ0n) is 19.5. The van der Waals surface area contributed by atoms with Gasteiger partial charge in [-0.3, -0.25) is 14.3 Å². The maximum absolute atomic E-state index is 12.6. The first kappa shape index (κ1) is 25.4. The quantitative estimate of drug-likeness (QED) is 0.306. The number of sulfonamides is 1. The second-order valence-electron chi connectivity index (χ2n) is 7.49. The first-order valence-electron chi connectivity index (χ1n) is 10.8. The van der Waals surface area contributed by atoms with Crippen molar-refractivity contribution in [3.05, 3.63) is 83.9 Å². The molecule has 0 heterocycles. The topological polar surface area (TPSA) is 126 Å². The monoisotopic (exact) mass is 494 g/mol. The smallest absolute Gasteiger partial charge is 0.271 e. The summed E-state index contributed by atoms with van der Waals surface area (Å²) in [6.45, 7) is 5.48. The van der Waals surface area contributed by atoms with Crippen LogP contribution in [0.2, 0.25) is 0 Å². The Hall–Kier alpha value is -4.18. The van der Waals surface area contributed by atoms with E-state index in [-0.39, 0.29) is 10.8 Å². The largest absolute Gasteiger partial charge is 0.494 e. The van der Waals surface area contributed by atoms with Crippen molar-refractivity contribution in [3.63, 3.8) is 0 Å². The van der Waals surface area contributed by atoms with Gasteiger partial charge in [0.25, 0.3) is 15.9 Å². The number of nitrogens with zero attached hydrogens (tertiary/aromatic N) is 1. The molecule has 0 spiro atoms. The van der Waals surface area contributed by atoms with E-state index in [0.717, 1.165) is 5.56 Å². The lowest BCUT2D eigenvalue weighted by molar-refractivity contribution is -0.114. The van der Waals surface area contributed by atoms with E-state index in [4.69, 9.17) is 4.74 Å². The molecule has 0 aromatic heterocycles. The number of hydrogen-bond acceptors (Lipinski definition) is 6. The highest BCUT2D eigenvalue weighted by molar-refractivity contribution is 7.92. The van der Waals surface area contributed by atoms with Crippen LogP contribution in [0, 0.1) is 0 Å². The normalized spacial score (nSPS) is 11.5. The standard InChI is InChI=1S/C25H26N4O5S/c1-4-34-23-12-14-24(15-13-23)35(32,33)29-21-10-8-19(9-11-21)25(31)28-27-17(2)20-6-5-7-22(16-20)26-18(3)30/h5-16,29H,4H2,1-3H3,(H,26,30)(H,28,31)/b27-17+. The molecule has 0 bridgehead atoms. The molecule has 3 aromatic rings. The number of rotatable bonds is 9. The summed E-state index contributed by atoms with van der Waals surface area (Å²) in [4.78, 5) is 23.8. The summed E-state index contributed by atoms with van der Waals surface area (Å²) < 4.78 is 33.0. The number of anilines is 2. The number of carbonyl (C=O) groups is 2. The Morgan fingerprint density at radius 1 is 0.886 bits per heavy atom. The van der Waals surface area contributed by atoms with Gasteiger partial charge in [0, 0.05) is 23.9 Å². The molecule has 0 saturated carbocycles. The molecule has 0 aliphatic carbocycles. The average Bonchev–Trinajstić information content (AvgIpc) is 2.83. The summed E-state index contributed by atoms with van der Waals surface area (Å²) >= 11 is 0. The van der Waals surface area contributed by atoms with Gasteiger partial charge in [-0.2, -0.15) is 5.10 Å². The Labute approximate surface area is 204 Å². The van der Waals surface area contributed by atoms with Crippen molar-refractivity contribution in [1.82, 2.24) is 5.43 Å². The number of amides is 2. The molecule has 3 rings (SSSR count). The molecule has 0 fully saturated rings. The molecule has 0 aliphatic rings. The molecular formula is C25H26N4O5S. The molecule has 3 aromatic carbocycles. The summed E-state index contributed by atoms with van der Waals surface area (Å²) in [6, 6.07) is 19.2. The maximum Gasteiger partial charge on any atom is 0.271 e. The Balaban J connectivity index is 1.64. The molecule has 0 unspecified atom stereocenters. The fraction of sp³-hybridized carbons (Fsp3) is 0.160. The van der Waals surface area contributed by atoms with Crippen molar-refractivity contribution >= 4 is 38.9 Å². The summed E-state index contributed by atoms with van der Waals surface area (Å²) in [7, 11) is -3.80. The summed E-state index contributed by atoms with van der Waals surface area (Å²) in [6.07, 6.45) is 0. The fourth-order valence-corrected chi connectivity index (χ4v) is 4.13. The van der Waals surface area contributed by atoms with Crippen LogP contribution in [-0.4, -0.2) is 32.6 Å². The first-order valence-corrected chi connectivity index (χ1v) is 12.2. The summed E-state index contributed by atoms with van der Waals surface area (Å²) in [5.74, 6) is -0.0568. The van der Waals surface area contributed by atoms with Crippen molar-refractivity contribution in [1.29, 1.82) is 0 Å². The number of hydrazone groups is 1. The van der Waals surface area contributed by atoms with Gasteiger partial charge >= 0.3 is 0 Å². The predicted molar refractivity (Wildman–Crippen MR) is 135 cm³/mol. The second kappa shape index (κ2) is 11.3. The van der Waals surface area contributed by atoms with Crippen LogP contribution in [0.1, 0.15) is 36.7 Å². The van der Waals surface area contributed by atoms with Crippen molar-refractivity contribution in [2.24, 2.45) is 5.10 Å². The van der Waals surface area contributed by atoms with E-state index in [1.165, 1.54) is 43.3 Å². The van der Waals surface area contributed by atoms with E-state index in [1.807, 2.05) is 13.0 Å². The lowest BCUT2D eigenvalue weighted by atomic mass is 10.1. The van der Waals surface area contributed by atoms with Crippen molar-refractivity contribution in [2.45, 2.75) is 25.7 Å². The van der Waals surface area contributed by atoms with E-state index in [1.54, 1.807) is 37.3 Å². The molecule has 10 heteroatoms. The van der Waals surface area contributed by atoms with Crippen LogP contribution in [0.3, 0.4) is 0 Å². The molecule has 0 atom stereocenters. The number of hydrogen-bond donors (Lipinski definition) is 3. The third-order valence-electron chi connectivity index (χ3n) is 4.77. The molecule has 35 heavy (non-hydrogen) atoms. The molecule has 182 valence electrons. The SMILES string of the molecule is CCOc1ccc(S(=O)(=O)Nc2ccc(C(=O)N/N=C(\C)c3cccc(NC(C)=O)c3)cc2)cc1. The molecule has 3 N–H and O–H groups in total. The Bertz CT molecular complexity index is 1340. The van der Waals surface area contributed by atoms with Gasteiger partial charge in [0.15, 0.2) is 0 Å². The van der Waals surface area contributed by atoms with E-state index in [9.17, 15) is 18.0 Å². The third kappa shape index (κ3) is 7.15. The number of ether oxygens (including phenoxy) is 1. The minimum Gasteiger partial charge on any atom is -0.494 e. The van der Waals surface area contributed by atoms with E-state index < -0.39 is 15.9 Å². The van der Waals surface area contributed by atoms with E-state index >= 15 is 0 Å². The van der Waals surface area contributed by atoms with E-state index in [2.05, 4.69) is 20.6 Å². The van der Waals surface area contributed by atoms with Crippen LogP contribution in [0.25, 0.3) is 0 Å². The second-order valence-corrected chi connectivity index (χ2v) is 9.17. The highest BCUT2D eigenvalue weighted by Crippen LogP contribution is 2.20. The van der Waals surface area contributed by atoms with Gasteiger partial charge in [-0.25, -0.2) is 13.8 Å². The summed E-state index contributed by atoms with van der Waals surface area (Å²) in [5.41, 5.74) is 4.99. The Kier molecular flexibility index (Phi) is 8.21. The highest BCUT2D eigenvalue weighted by atomic mass is 32.2. The lowest BCUT2D eigenvalue weighted by Crippen LogP contribution is -2.19. The molecule has 0 saturated heterocycles. The van der Waals surface area contributed by atoms with Crippen LogP contribution in [-0.2, 0) is 14.8 Å².